The number of hydrogen-bond acceptors (Lipinski definition) is 5. The molecule has 0 bridgehead atoms. The van der Waals surface area contributed by atoms with Gasteiger partial charge in [0.2, 0.25) is 0 Å². The maximum atomic E-state index is 12.9. The quantitative estimate of drug-likeness (QED) is 0.202. The van der Waals surface area contributed by atoms with Crippen LogP contribution in [0.1, 0.15) is 33.9 Å². The summed E-state index contributed by atoms with van der Waals surface area (Å²) in [5, 5.41) is 24.7. The molecule has 0 unspecified atom stereocenters. The maximum Gasteiger partial charge on any atom is 0.265 e. The van der Waals surface area contributed by atoms with Crippen LogP contribution in [0.25, 0.3) is 10.9 Å². The predicted octanol–water partition coefficient (Wildman–Crippen LogP) is 5.24. The van der Waals surface area contributed by atoms with Gasteiger partial charge in [0, 0.05) is 12.4 Å². The van der Waals surface area contributed by atoms with Crippen molar-refractivity contribution in [2.75, 3.05) is 5.32 Å². The number of carbonyl (C=O) groups is 1. The molecule has 6 heteroatoms. The lowest BCUT2D eigenvalue weighted by Gasteiger charge is -2.20. The van der Waals surface area contributed by atoms with Crippen molar-refractivity contribution in [3.8, 4) is 11.5 Å². The van der Waals surface area contributed by atoms with E-state index in [2.05, 4.69) is 5.32 Å². The number of pyridine rings is 1. The number of allylic oxidation sites excluding steroid dienone is 1. The van der Waals surface area contributed by atoms with Crippen LogP contribution >= 0.6 is 0 Å². The molecule has 0 radical (unpaired) electrons. The maximum absolute atomic E-state index is 12.9. The topological polar surface area (TPSA) is 91.6 Å². The van der Waals surface area contributed by atoms with Crippen LogP contribution in [0.5, 0.6) is 11.5 Å². The fourth-order valence-electron chi connectivity index (χ4n) is 4.01. The van der Waals surface area contributed by atoms with E-state index in [1.54, 1.807) is 43.5 Å². The summed E-state index contributed by atoms with van der Waals surface area (Å²) in [4.78, 5) is 25.7. The Bertz CT molecular complexity index is 1440. The minimum Gasteiger partial charge on any atom is -0.506 e. The number of phenols is 1. The third kappa shape index (κ3) is 4.57. The fraction of sp³-hybridized carbons (Fsp3) is 0.143. The number of nitrogens with zero attached hydrogens (tertiary/aromatic N) is 1. The lowest BCUT2D eigenvalue weighted by Crippen LogP contribution is -2.24. The van der Waals surface area contributed by atoms with E-state index in [1.165, 1.54) is 10.6 Å². The predicted molar refractivity (Wildman–Crippen MR) is 135 cm³/mol. The first-order chi connectivity index (χ1) is 16.4. The van der Waals surface area contributed by atoms with Crippen LogP contribution in [0.2, 0.25) is 0 Å². The summed E-state index contributed by atoms with van der Waals surface area (Å²) in [6.45, 7) is 1.94. The van der Waals surface area contributed by atoms with E-state index < -0.39 is 11.3 Å². The number of aromatic nitrogens is 1. The number of anilines is 1. The lowest BCUT2D eigenvalue weighted by atomic mass is 10.0. The lowest BCUT2D eigenvalue weighted by molar-refractivity contribution is 0.104. The molecule has 4 aromatic rings. The third-order valence-corrected chi connectivity index (χ3v) is 5.85. The highest BCUT2D eigenvalue weighted by Crippen LogP contribution is 2.30. The van der Waals surface area contributed by atoms with E-state index in [1.807, 2.05) is 49.4 Å². The van der Waals surface area contributed by atoms with Gasteiger partial charge in [-0.15, -0.1) is 0 Å². The number of fused-ring (bicyclic) bond motifs is 1. The fourth-order valence-corrected chi connectivity index (χ4v) is 4.01. The molecule has 1 aromatic heterocycles. The number of rotatable bonds is 7. The molecule has 4 rings (SSSR count). The normalized spacial score (nSPS) is 12.2. The number of para-hydroxylation sites is 1. The first-order valence-electron chi connectivity index (χ1n) is 11.0. The molecule has 0 fully saturated rings. The van der Waals surface area contributed by atoms with Gasteiger partial charge >= 0.3 is 0 Å². The molecule has 3 N–H and O–H groups in total. The van der Waals surface area contributed by atoms with Crippen molar-refractivity contribution in [1.82, 2.24) is 4.57 Å². The zero-order valence-corrected chi connectivity index (χ0v) is 19.0. The van der Waals surface area contributed by atoms with E-state index in [0.29, 0.717) is 23.0 Å². The second kappa shape index (κ2) is 9.67. The molecule has 0 saturated heterocycles. The molecule has 0 aliphatic carbocycles. The summed E-state index contributed by atoms with van der Waals surface area (Å²) in [5.74, 6) is -0.735. The van der Waals surface area contributed by atoms with Gasteiger partial charge in [0.1, 0.15) is 17.1 Å². The van der Waals surface area contributed by atoms with Crippen LogP contribution < -0.4 is 10.9 Å². The molecule has 172 valence electrons. The number of carbonyl (C=O) groups excluding carboxylic acids is 1. The Morgan fingerprint density at radius 3 is 2.50 bits per heavy atom. The smallest absolute Gasteiger partial charge is 0.265 e. The van der Waals surface area contributed by atoms with Gasteiger partial charge in [-0.1, -0.05) is 54.6 Å². The molecular formula is C28H26N2O4. The van der Waals surface area contributed by atoms with Crippen molar-refractivity contribution in [1.29, 1.82) is 0 Å². The van der Waals surface area contributed by atoms with Gasteiger partial charge in [-0.25, -0.2) is 0 Å². The van der Waals surface area contributed by atoms with Gasteiger partial charge in [0.25, 0.3) is 5.56 Å². The monoisotopic (exact) mass is 454 g/mol. The van der Waals surface area contributed by atoms with E-state index in [-0.39, 0.29) is 23.1 Å². The van der Waals surface area contributed by atoms with Gasteiger partial charge in [-0.2, -0.15) is 0 Å². The standard InChI is InChI=1S/C28H26N2O4/c1-18-15-16-24(31)22(17-18)29-21(19-9-4-3-5-10-19)12-8-14-25(32)26-27(33)20-11-6-7-13-23(20)30(2)28(26)34/h3-11,13-17,21,29,31,33H,12H2,1-2H3/b14-8+/t21-/m1/s1. The van der Waals surface area contributed by atoms with Crippen LogP contribution in [0.3, 0.4) is 0 Å². The van der Waals surface area contributed by atoms with E-state index in [0.717, 1.165) is 11.1 Å². The van der Waals surface area contributed by atoms with Crippen molar-refractivity contribution in [2.24, 2.45) is 7.05 Å². The molecule has 1 heterocycles. The second-order valence-corrected chi connectivity index (χ2v) is 8.24. The molecule has 0 aliphatic rings. The summed E-state index contributed by atoms with van der Waals surface area (Å²) >= 11 is 0. The van der Waals surface area contributed by atoms with Gasteiger partial charge < -0.3 is 20.1 Å². The number of phenolic OH excluding ortho intramolecular Hbond substituents is 1. The van der Waals surface area contributed by atoms with Crippen LogP contribution in [0.15, 0.2) is 89.7 Å². The Hall–Kier alpha value is -4.32. The Morgan fingerprint density at radius 1 is 1.03 bits per heavy atom. The molecule has 0 amide bonds. The largest absolute Gasteiger partial charge is 0.506 e. The van der Waals surface area contributed by atoms with Crippen LogP contribution in [-0.4, -0.2) is 20.6 Å². The van der Waals surface area contributed by atoms with E-state index in [9.17, 15) is 19.8 Å². The minimum atomic E-state index is -0.561. The summed E-state index contributed by atoms with van der Waals surface area (Å²) in [5.41, 5.74) is 2.32. The molecule has 3 aromatic carbocycles. The number of benzene rings is 3. The minimum absolute atomic E-state index is 0.135. The third-order valence-electron chi connectivity index (χ3n) is 5.85. The number of aryl methyl sites for hydroxylation is 2. The molecule has 0 saturated carbocycles. The average molecular weight is 455 g/mol. The molecule has 0 aliphatic heterocycles. The van der Waals surface area contributed by atoms with Gasteiger partial charge in [-0.05, 0) is 54.8 Å². The molecule has 6 nitrogen and oxygen atoms in total. The number of aromatic hydroxyl groups is 2. The summed E-state index contributed by atoms with van der Waals surface area (Å²) < 4.78 is 1.37. The molecule has 1 atom stereocenters. The van der Waals surface area contributed by atoms with Gasteiger partial charge in [-0.3, -0.25) is 9.59 Å². The summed E-state index contributed by atoms with van der Waals surface area (Å²) in [6.07, 6.45) is 3.41. The Kier molecular flexibility index (Phi) is 6.50. The Balaban J connectivity index is 1.62. The number of hydrogen-bond donors (Lipinski definition) is 3. The zero-order chi connectivity index (χ0) is 24.2. The molecular weight excluding hydrogens is 428 g/mol. The van der Waals surface area contributed by atoms with E-state index in [4.69, 9.17) is 0 Å². The highest BCUT2D eigenvalue weighted by atomic mass is 16.3. The first kappa shape index (κ1) is 22.9. The highest BCUT2D eigenvalue weighted by molar-refractivity contribution is 6.09. The van der Waals surface area contributed by atoms with Crippen molar-refractivity contribution < 1.29 is 15.0 Å². The van der Waals surface area contributed by atoms with Crippen molar-refractivity contribution in [3.05, 3.63) is 112 Å². The molecule has 0 spiro atoms. The van der Waals surface area contributed by atoms with Crippen molar-refractivity contribution in [3.63, 3.8) is 0 Å². The van der Waals surface area contributed by atoms with Crippen LogP contribution in [0, 0.1) is 6.92 Å². The van der Waals surface area contributed by atoms with Crippen LogP contribution in [-0.2, 0) is 7.05 Å². The summed E-state index contributed by atoms with van der Waals surface area (Å²) in [7, 11) is 1.58. The number of nitrogens with one attached hydrogen (secondary N) is 1. The number of ketones is 1. The highest BCUT2D eigenvalue weighted by Gasteiger charge is 2.19. The summed E-state index contributed by atoms with van der Waals surface area (Å²) in [6, 6.07) is 21.7. The second-order valence-electron chi connectivity index (χ2n) is 8.24. The van der Waals surface area contributed by atoms with Gasteiger partial charge in [0.05, 0.1) is 17.2 Å². The Morgan fingerprint density at radius 2 is 1.74 bits per heavy atom. The zero-order valence-electron chi connectivity index (χ0n) is 19.0. The SMILES string of the molecule is Cc1ccc(O)c(N[C@H](C/C=C/C(=O)c2c(O)c3ccccc3n(C)c2=O)c2ccccc2)c1. The van der Waals surface area contributed by atoms with Crippen molar-refractivity contribution in [2.45, 2.75) is 19.4 Å². The van der Waals surface area contributed by atoms with Gasteiger partial charge in [0.15, 0.2) is 5.78 Å². The average Bonchev–Trinajstić information content (AvgIpc) is 2.85. The molecule has 34 heavy (non-hydrogen) atoms. The van der Waals surface area contributed by atoms with Crippen LogP contribution in [0.4, 0.5) is 5.69 Å². The first-order valence-corrected chi connectivity index (χ1v) is 11.0. The van der Waals surface area contributed by atoms with Crippen molar-refractivity contribution >= 4 is 22.4 Å². The Labute approximate surface area is 197 Å². The van der Waals surface area contributed by atoms with E-state index >= 15 is 0 Å².